The van der Waals surface area contributed by atoms with Crippen LogP contribution in [0.1, 0.15) is 18.9 Å². The first-order chi connectivity index (χ1) is 7.79. The number of hydrogen-bond acceptors (Lipinski definition) is 2. The highest BCUT2D eigenvalue weighted by Crippen LogP contribution is 2.17. The van der Waals surface area contributed by atoms with E-state index in [0.717, 1.165) is 24.1 Å². The van der Waals surface area contributed by atoms with Gasteiger partial charge in [0.2, 0.25) is 0 Å². The van der Waals surface area contributed by atoms with Gasteiger partial charge in [0.1, 0.15) is 0 Å². The van der Waals surface area contributed by atoms with Gasteiger partial charge in [-0.3, -0.25) is 0 Å². The second kappa shape index (κ2) is 4.94. The summed E-state index contributed by atoms with van der Waals surface area (Å²) in [7, 11) is 0. The molecular weight excluding hydrogens is 198 g/mol. The fraction of sp³-hybridized carbons (Fsp3) is 0.308. The van der Waals surface area contributed by atoms with E-state index in [9.17, 15) is 0 Å². The van der Waals surface area contributed by atoms with Crippen molar-refractivity contribution in [2.24, 2.45) is 5.73 Å². The molecule has 2 aromatic rings. The maximum Gasteiger partial charge on any atom is 0.0924 e. The Bertz CT molecular complexity index is 417. The van der Waals surface area contributed by atoms with Crippen molar-refractivity contribution in [3.63, 3.8) is 0 Å². The van der Waals surface area contributed by atoms with Crippen LogP contribution in [-0.4, -0.2) is 16.0 Å². The van der Waals surface area contributed by atoms with Crippen LogP contribution in [0.15, 0.2) is 36.8 Å². The molecule has 0 saturated heterocycles. The van der Waals surface area contributed by atoms with Gasteiger partial charge < -0.3 is 10.7 Å². The molecule has 0 bridgehead atoms. The molecule has 0 aliphatic carbocycles. The van der Waals surface area contributed by atoms with E-state index in [-0.39, 0.29) is 6.04 Å². The third-order valence-electron chi connectivity index (χ3n) is 2.79. The summed E-state index contributed by atoms with van der Waals surface area (Å²) in [4.78, 5) is 7.10. The molecular formula is C13H17N3. The maximum atomic E-state index is 5.92. The predicted molar refractivity (Wildman–Crippen MR) is 66.0 cm³/mol. The van der Waals surface area contributed by atoms with E-state index in [1.165, 1.54) is 5.56 Å². The van der Waals surface area contributed by atoms with Gasteiger partial charge in [0.15, 0.2) is 0 Å². The van der Waals surface area contributed by atoms with E-state index in [1.54, 1.807) is 6.33 Å². The number of rotatable bonds is 4. The minimum atomic E-state index is 0.262. The first-order valence-corrected chi connectivity index (χ1v) is 5.63. The lowest BCUT2D eigenvalue weighted by atomic mass is 10.0. The summed E-state index contributed by atoms with van der Waals surface area (Å²) in [6, 6.07) is 8.73. The summed E-state index contributed by atoms with van der Waals surface area (Å²) in [5.74, 6) is 0. The molecule has 0 aliphatic heterocycles. The van der Waals surface area contributed by atoms with E-state index in [4.69, 9.17) is 5.73 Å². The highest BCUT2D eigenvalue weighted by atomic mass is 14.9. The summed E-state index contributed by atoms with van der Waals surface area (Å²) in [6.07, 6.45) is 5.48. The van der Waals surface area contributed by atoms with Gasteiger partial charge in [0.05, 0.1) is 18.2 Å². The van der Waals surface area contributed by atoms with E-state index in [2.05, 4.69) is 41.2 Å². The van der Waals surface area contributed by atoms with Crippen LogP contribution in [0.25, 0.3) is 11.3 Å². The molecule has 1 aromatic carbocycles. The highest BCUT2D eigenvalue weighted by Gasteiger charge is 2.02. The zero-order valence-electron chi connectivity index (χ0n) is 9.48. The first-order valence-electron chi connectivity index (χ1n) is 5.63. The molecule has 84 valence electrons. The van der Waals surface area contributed by atoms with Crippen LogP contribution in [0.4, 0.5) is 0 Å². The van der Waals surface area contributed by atoms with Crippen LogP contribution < -0.4 is 5.73 Å². The molecule has 0 fully saturated rings. The van der Waals surface area contributed by atoms with Crippen molar-refractivity contribution in [1.82, 2.24) is 9.97 Å². The third-order valence-corrected chi connectivity index (χ3v) is 2.79. The van der Waals surface area contributed by atoms with Gasteiger partial charge in [-0.1, -0.05) is 31.2 Å². The highest BCUT2D eigenvalue weighted by molar-refractivity contribution is 5.58. The minimum absolute atomic E-state index is 0.262. The van der Waals surface area contributed by atoms with Crippen LogP contribution in [-0.2, 0) is 6.42 Å². The Kier molecular flexibility index (Phi) is 3.37. The Hall–Kier alpha value is -1.61. The largest absolute Gasteiger partial charge is 0.345 e. The van der Waals surface area contributed by atoms with Crippen molar-refractivity contribution in [2.75, 3.05) is 0 Å². The van der Waals surface area contributed by atoms with Crippen molar-refractivity contribution in [2.45, 2.75) is 25.8 Å². The van der Waals surface area contributed by atoms with E-state index in [1.807, 2.05) is 6.20 Å². The maximum absolute atomic E-state index is 5.92. The van der Waals surface area contributed by atoms with Crippen molar-refractivity contribution in [3.8, 4) is 11.3 Å². The van der Waals surface area contributed by atoms with E-state index < -0.39 is 0 Å². The molecule has 3 nitrogen and oxygen atoms in total. The summed E-state index contributed by atoms with van der Waals surface area (Å²) < 4.78 is 0. The SMILES string of the molecule is CCC(N)Cc1ccc(-c2cnc[nH]2)cc1. The average molecular weight is 215 g/mol. The normalized spacial score (nSPS) is 12.6. The van der Waals surface area contributed by atoms with E-state index >= 15 is 0 Å². The summed E-state index contributed by atoms with van der Waals surface area (Å²) in [5.41, 5.74) is 9.42. The number of nitrogens with one attached hydrogen (secondary N) is 1. The van der Waals surface area contributed by atoms with Gasteiger partial charge in [-0.2, -0.15) is 0 Å². The fourth-order valence-electron chi connectivity index (χ4n) is 1.68. The van der Waals surface area contributed by atoms with Gasteiger partial charge in [-0.05, 0) is 24.0 Å². The molecule has 1 heterocycles. The average Bonchev–Trinajstić information content (AvgIpc) is 2.83. The van der Waals surface area contributed by atoms with Gasteiger partial charge in [0.25, 0.3) is 0 Å². The molecule has 1 unspecified atom stereocenters. The number of imidazole rings is 1. The van der Waals surface area contributed by atoms with Gasteiger partial charge in [0, 0.05) is 6.04 Å². The van der Waals surface area contributed by atoms with E-state index in [0.29, 0.717) is 0 Å². The molecule has 1 atom stereocenters. The molecule has 0 spiro atoms. The third kappa shape index (κ3) is 2.49. The standard InChI is InChI=1S/C13H17N3/c1-2-12(14)7-10-3-5-11(6-4-10)13-8-15-9-16-13/h3-6,8-9,12H,2,7,14H2,1H3,(H,15,16). The molecule has 0 radical (unpaired) electrons. The second-order valence-corrected chi connectivity index (χ2v) is 4.03. The monoisotopic (exact) mass is 215 g/mol. The summed E-state index contributed by atoms with van der Waals surface area (Å²) >= 11 is 0. The number of hydrogen-bond donors (Lipinski definition) is 2. The van der Waals surface area contributed by atoms with Crippen LogP contribution >= 0.6 is 0 Å². The van der Waals surface area contributed by atoms with Crippen molar-refractivity contribution < 1.29 is 0 Å². The van der Waals surface area contributed by atoms with Crippen LogP contribution in [0.3, 0.4) is 0 Å². The quantitative estimate of drug-likeness (QED) is 0.822. The molecule has 16 heavy (non-hydrogen) atoms. The zero-order chi connectivity index (χ0) is 11.4. The van der Waals surface area contributed by atoms with Crippen LogP contribution in [0, 0.1) is 0 Å². The number of nitrogens with two attached hydrogens (primary N) is 1. The number of nitrogens with zero attached hydrogens (tertiary/aromatic N) is 1. The molecule has 1 aromatic heterocycles. The Morgan fingerprint density at radius 2 is 2.06 bits per heavy atom. The fourth-order valence-corrected chi connectivity index (χ4v) is 1.68. The lowest BCUT2D eigenvalue weighted by Crippen LogP contribution is -2.21. The van der Waals surface area contributed by atoms with Gasteiger partial charge in [-0.25, -0.2) is 4.98 Å². The predicted octanol–water partition coefficient (Wildman–Crippen LogP) is 2.36. The van der Waals surface area contributed by atoms with Gasteiger partial charge >= 0.3 is 0 Å². The first kappa shape index (κ1) is 10.9. The van der Waals surface area contributed by atoms with Crippen LogP contribution in [0.5, 0.6) is 0 Å². The Labute approximate surface area is 95.7 Å². The van der Waals surface area contributed by atoms with Crippen LogP contribution in [0.2, 0.25) is 0 Å². The van der Waals surface area contributed by atoms with Crippen molar-refractivity contribution in [3.05, 3.63) is 42.4 Å². The Balaban J connectivity index is 2.11. The van der Waals surface area contributed by atoms with Gasteiger partial charge in [-0.15, -0.1) is 0 Å². The summed E-state index contributed by atoms with van der Waals surface area (Å²) in [5, 5.41) is 0. The molecule has 0 saturated carbocycles. The topological polar surface area (TPSA) is 54.7 Å². The smallest absolute Gasteiger partial charge is 0.0924 e. The Morgan fingerprint density at radius 1 is 1.31 bits per heavy atom. The molecule has 3 heteroatoms. The molecule has 0 aliphatic rings. The zero-order valence-corrected chi connectivity index (χ0v) is 9.48. The minimum Gasteiger partial charge on any atom is -0.345 e. The lowest BCUT2D eigenvalue weighted by Gasteiger charge is -2.08. The second-order valence-electron chi connectivity index (χ2n) is 4.03. The number of benzene rings is 1. The van der Waals surface area contributed by atoms with Crippen molar-refractivity contribution in [1.29, 1.82) is 0 Å². The van der Waals surface area contributed by atoms with Crippen molar-refractivity contribution >= 4 is 0 Å². The molecule has 3 N–H and O–H groups in total. The lowest BCUT2D eigenvalue weighted by molar-refractivity contribution is 0.646. The number of aromatic nitrogens is 2. The summed E-state index contributed by atoms with van der Waals surface area (Å²) in [6.45, 7) is 2.11. The number of aromatic amines is 1. The molecule has 0 amide bonds. The number of H-pyrrole nitrogens is 1. The Morgan fingerprint density at radius 3 is 2.62 bits per heavy atom. The molecule has 2 rings (SSSR count).